The molecule has 2 aromatic rings. The molecule has 0 saturated carbocycles. The first-order valence-corrected chi connectivity index (χ1v) is 12.4. The summed E-state index contributed by atoms with van der Waals surface area (Å²) in [5.41, 5.74) is 2.28. The molecule has 0 saturated heterocycles. The van der Waals surface area contributed by atoms with Crippen molar-refractivity contribution in [3.05, 3.63) is 35.2 Å². The molecule has 0 aliphatic heterocycles. The molecule has 0 radical (unpaired) electrons. The van der Waals surface area contributed by atoms with E-state index in [-0.39, 0.29) is 24.0 Å². The van der Waals surface area contributed by atoms with Crippen LogP contribution in [0.25, 0.3) is 0 Å². The summed E-state index contributed by atoms with van der Waals surface area (Å²) in [4.78, 5) is 4.75. The SMILES string of the molecule is CCNC(=NCc1ccc(C)cc1OCC)NCCCc1nnc(SC)n1CC(C)C.I. The van der Waals surface area contributed by atoms with Crippen LogP contribution in [0.2, 0.25) is 0 Å². The van der Waals surface area contributed by atoms with Gasteiger partial charge >= 0.3 is 0 Å². The van der Waals surface area contributed by atoms with Crippen molar-refractivity contribution in [2.45, 2.75) is 65.7 Å². The molecule has 2 N–H and O–H groups in total. The van der Waals surface area contributed by atoms with Crippen LogP contribution in [-0.4, -0.2) is 46.7 Å². The molecule has 0 aliphatic rings. The van der Waals surface area contributed by atoms with Crippen LogP contribution in [0.5, 0.6) is 5.75 Å². The second-order valence-corrected chi connectivity index (χ2v) is 8.65. The summed E-state index contributed by atoms with van der Waals surface area (Å²) in [6, 6.07) is 6.27. The summed E-state index contributed by atoms with van der Waals surface area (Å²) >= 11 is 1.65. The third-order valence-electron chi connectivity index (χ3n) is 4.67. The van der Waals surface area contributed by atoms with E-state index >= 15 is 0 Å². The first kappa shape index (κ1) is 28.5. The van der Waals surface area contributed by atoms with E-state index in [1.54, 1.807) is 11.8 Å². The molecule has 0 fully saturated rings. The van der Waals surface area contributed by atoms with Crippen LogP contribution in [0.4, 0.5) is 0 Å². The third-order valence-corrected chi connectivity index (χ3v) is 5.33. The van der Waals surface area contributed by atoms with E-state index < -0.39 is 0 Å². The fourth-order valence-electron chi connectivity index (χ4n) is 3.24. The number of ether oxygens (including phenoxy) is 1. The minimum Gasteiger partial charge on any atom is -0.494 e. The Bertz CT molecular complexity index is 840. The van der Waals surface area contributed by atoms with Gasteiger partial charge in [-0.2, -0.15) is 0 Å². The van der Waals surface area contributed by atoms with Gasteiger partial charge in [-0.1, -0.05) is 37.7 Å². The van der Waals surface area contributed by atoms with Crippen molar-refractivity contribution >= 4 is 41.7 Å². The first-order valence-electron chi connectivity index (χ1n) is 11.2. The maximum Gasteiger partial charge on any atom is 0.191 e. The lowest BCUT2D eigenvalue weighted by molar-refractivity contribution is 0.336. The van der Waals surface area contributed by atoms with E-state index in [0.717, 1.165) is 60.7 Å². The monoisotopic (exact) mass is 574 g/mol. The molecule has 0 unspecified atom stereocenters. The van der Waals surface area contributed by atoms with Gasteiger partial charge in [0.2, 0.25) is 0 Å². The van der Waals surface area contributed by atoms with Crippen molar-refractivity contribution in [3.63, 3.8) is 0 Å². The van der Waals surface area contributed by atoms with Crippen molar-refractivity contribution in [1.82, 2.24) is 25.4 Å². The number of aromatic nitrogens is 3. The first-order chi connectivity index (χ1) is 15.0. The summed E-state index contributed by atoms with van der Waals surface area (Å²) in [7, 11) is 0. The van der Waals surface area contributed by atoms with Crippen LogP contribution in [0.1, 0.15) is 51.1 Å². The van der Waals surface area contributed by atoms with Crippen LogP contribution in [0.3, 0.4) is 0 Å². The molecule has 2 rings (SSSR count). The van der Waals surface area contributed by atoms with Crippen LogP contribution in [-0.2, 0) is 19.5 Å². The highest BCUT2D eigenvalue weighted by Gasteiger charge is 2.12. The zero-order valence-corrected chi connectivity index (χ0v) is 23.4. The predicted octanol–water partition coefficient (Wildman–Crippen LogP) is 4.67. The fourth-order valence-corrected chi connectivity index (χ4v) is 3.77. The number of nitrogens with zero attached hydrogens (tertiary/aromatic N) is 4. The van der Waals surface area contributed by atoms with Crippen molar-refractivity contribution in [2.75, 3.05) is 26.0 Å². The summed E-state index contributed by atoms with van der Waals surface area (Å²) in [5, 5.41) is 16.5. The summed E-state index contributed by atoms with van der Waals surface area (Å²) in [5.74, 6) is 3.35. The fraction of sp³-hybridized carbons (Fsp3) is 0.609. The largest absolute Gasteiger partial charge is 0.494 e. The number of aliphatic imine (C=N–C) groups is 1. The average molecular weight is 575 g/mol. The van der Waals surface area contributed by atoms with E-state index in [2.05, 4.69) is 77.5 Å². The number of nitrogens with one attached hydrogen (secondary N) is 2. The van der Waals surface area contributed by atoms with Crippen molar-refractivity contribution in [1.29, 1.82) is 0 Å². The molecule has 32 heavy (non-hydrogen) atoms. The normalized spacial score (nSPS) is 11.4. The minimum atomic E-state index is 0. The highest BCUT2D eigenvalue weighted by molar-refractivity contribution is 14.0. The topological polar surface area (TPSA) is 76.4 Å². The number of hydrogen-bond acceptors (Lipinski definition) is 5. The molecular weight excluding hydrogens is 535 g/mol. The number of guanidine groups is 1. The molecule has 0 spiro atoms. The number of aryl methyl sites for hydroxylation is 2. The molecule has 1 aromatic carbocycles. The van der Waals surface area contributed by atoms with Crippen molar-refractivity contribution < 1.29 is 4.74 Å². The van der Waals surface area contributed by atoms with E-state index in [1.165, 1.54) is 5.56 Å². The minimum absolute atomic E-state index is 0. The van der Waals surface area contributed by atoms with Gasteiger partial charge in [0.1, 0.15) is 11.6 Å². The molecule has 1 heterocycles. The highest BCUT2D eigenvalue weighted by atomic mass is 127. The Morgan fingerprint density at radius 3 is 2.66 bits per heavy atom. The molecule has 7 nitrogen and oxygen atoms in total. The summed E-state index contributed by atoms with van der Waals surface area (Å²) < 4.78 is 8.03. The lowest BCUT2D eigenvalue weighted by Crippen LogP contribution is -2.38. The molecule has 1 aromatic heterocycles. The smallest absolute Gasteiger partial charge is 0.191 e. The van der Waals surface area contributed by atoms with Gasteiger partial charge in [-0.15, -0.1) is 34.2 Å². The van der Waals surface area contributed by atoms with Crippen molar-refractivity contribution in [3.8, 4) is 5.75 Å². The van der Waals surface area contributed by atoms with E-state index in [9.17, 15) is 0 Å². The lowest BCUT2D eigenvalue weighted by atomic mass is 10.1. The zero-order chi connectivity index (χ0) is 22.6. The molecular formula is C23H39IN6OS. The van der Waals surface area contributed by atoms with E-state index in [1.807, 2.05) is 6.92 Å². The highest BCUT2D eigenvalue weighted by Crippen LogP contribution is 2.21. The van der Waals surface area contributed by atoms with Crippen molar-refractivity contribution in [2.24, 2.45) is 10.9 Å². The standard InChI is InChI=1S/C23H38N6OS.HI/c1-7-24-22(26-15-19-12-11-18(5)14-20(19)30-8-2)25-13-9-10-21-27-28-23(31-6)29(21)16-17(3)4;/h11-12,14,17H,7-10,13,15-16H2,1-6H3,(H2,24,25,26);1H. The van der Waals surface area contributed by atoms with E-state index in [0.29, 0.717) is 19.1 Å². The Hall–Kier alpha value is -1.49. The Kier molecular flexibility index (Phi) is 13.7. The second-order valence-electron chi connectivity index (χ2n) is 7.88. The van der Waals surface area contributed by atoms with Gasteiger partial charge in [0.05, 0.1) is 13.2 Å². The maximum absolute atomic E-state index is 5.78. The molecule has 0 aliphatic carbocycles. The van der Waals surface area contributed by atoms with Gasteiger partial charge in [0.15, 0.2) is 11.1 Å². The predicted molar refractivity (Wildman–Crippen MR) is 146 cm³/mol. The van der Waals surface area contributed by atoms with Gasteiger partial charge in [-0.05, 0) is 51.0 Å². The van der Waals surface area contributed by atoms with Crippen LogP contribution in [0, 0.1) is 12.8 Å². The molecule has 0 amide bonds. The summed E-state index contributed by atoms with van der Waals surface area (Å²) in [6.07, 6.45) is 3.90. The molecule has 9 heteroatoms. The van der Waals surface area contributed by atoms with E-state index in [4.69, 9.17) is 9.73 Å². The zero-order valence-electron chi connectivity index (χ0n) is 20.3. The second kappa shape index (κ2) is 15.4. The van der Waals surface area contributed by atoms with Gasteiger partial charge in [-0.3, -0.25) is 0 Å². The maximum atomic E-state index is 5.78. The number of rotatable bonds is 12. The number of hydrogen-bond donors (Lipinski definition) is 2. The number of benzene rings is 1. The quantitative estimate of drug-likeness (QED) is 0.126. The van der Waals surface area contributed by atoms with Crippen LogP contribution in [0.15, 0.2) is 28.3 Å². The van der Waals surface area contributed by atoms with Crippen LogP contribution >= 0.6 is 35.7 Å². The summed E-state index contributed by atoms with van der Waals surface area (Å²) in [6.45, 7) is 14.4. The van der Waals surface area contributed by atoms with Crippen LogP contribution < -0.4 is 15.4 Å². The Morgan fingerprint density at radius 2 is 2.00 bits per heavy atom. The molecule has 180 valence electrons. The third kappa shape index (κ3) is 9.17. The number of halogens is 1. The van der Waals surface area contributed by atoms with Gasteiger partial charge < -0.3 is 19.9 Å². The molecule has 0 atom stereocenters. The average Bonchev–Trinajstić information content (AvgIpc) is 3.11. The molecule has 0 bridgehead atoms. The van der Waals surface area contributed by atoms with Gasteiger partial charge in [0, 0.05) is 31.6 Å². The van der Waals surface area contributed by atoms with Gasteiger partial charge in [0.25, 0.3) is 0 Å². The lowest BCUT2D eigenvalue weighted by Gasteiger charge is -2.14. The Balaban J connectivity index is 0.00000512. The van der Waals surface area contributed by atoms with Gasteiger partial charge in [-0.25, -0.2) is 4.99 Å². The number of thioether (sulfide) groups is 1. The Labute approximate surface area is 214 Å². The Morgan fingerprint density at radius 1 is 1.22 bits per heavy atom.